The minimum atomic E-state index is -0.0489. The van der Waals surface area contributed by atoms with Crippen LogP contribution in [0.3, 0.4) is 0 Å². The Labute approximate surface area is 87.3 Å². The maximum atomic E-state index is 11.0. The standard InChI is InChI=1S/C10H13NO2S/c1-7(12)9-5-11-10(13-9)8-3-2-4-14-6-8/h5,8H,2-4,6H2,1H3. The average Bonchev–Trinajstić information content (AvgIpc) is 2.68. The first kappa shape index (κ1) is 9.77. The molecule has 76 valence electrons. The molecular formula is C10H13NO2S. The summed E-state index contributed by atoms with van der Waals surface area (Å²) in [4.78, 5) is 15.2. The minimum Gasteiger partial charge on any atom is -0.437 e. The number of hydrogen-bond acceptors (Lipinski definition) is 4. The minimum absolute atomic E-state index is 0.0489. The Morgan fingerprint density at radius 3 is 3.14 bits per heavy atom. The number of nitrogens with zero attached hydrogens (tertiary/aromatic N) is 1. The van der Waals surface area contributed by atoms with Gasteiger partial charge in [0, 0.05) is 18.6 Å². The topological polar surface area (TPSA) is 43.1 Å². The quantitative estimate of drug-likeness (QED) is 0.705. The fraction of sp³-hybridized carbons (Fsp3) is 0.600. The molecule has 1 saturated heterocycles. The number of Topliss-reactive ketones (excluding diaryl/α,β-unsaturated/α-hetero) is 1. The van der Waals surface area contributed by atoms with Crippen molar-refractivity contribution in [3.63, 3.8) is 0 Å². The maximum Gasteiger partial charge on any atom is 0.199 e. The van der Waals surface area contributed by atoms with Gasteiger partial charge in [0.2, 0.25) is 0 Å². The van der Waals surface area contributed by atoms with Crippen LogP contribution in [0.25, 0.3) is 0 Å². The molecule has 0 amide bonds. The number of hydrogen-bond donors (Lipinski definition) is 0. The van der Waals surface area contributed by atoms with Crippen LogP contribution >= 0.6 is 11.8 Å². The second-order valence-corrected chi connectivity index (χ2v) is 4.68. The van der Waals surface area contributed by atoms with Gasteiger partial charge in [0.15, 0.2) is 17.4 Å². The van der Waals surface area contributed by atoms with Gasteiger partial charge in [0.05, 0.1) is 6.20 Å². The SMILES string of the molecule is CC(=O)c1cnc(C2CCCSC2)o1. The van der Waals surface area contributed by atoms with Crippen molar-refractivity contribution in [1.82, 2.24) is 4.98 Å². The van der Waals surface area contributed by atoms with E-state index in [9.17, 15) is 4.79 Å². The molecule has 3 nitrogen and oxygen atoms in total. The summed E-state index contributed by atoms with van der Waals surface area (Å²) in [5, 5.41) is 0. The number of aromatic nitrogens is 1. The monoisotopic (exact) mass is 211 g/mol. The molecule has 1 aromatic heterocycles. The van der Waals surface area contributed by atoms with Crippen LogP contribution in [0, 0.1) is 0 Å². The van der Waals surface area contributed by atoms with Gasteiger partial charge in [-0.2, -0.15) is 11.8 Å². The molecule has 0 aliphatic carbocycles. The van der Waals surface area contributed by atoms with E-state index in [4.69, 9.17) is 4.42 Å². The summed E-state index contributed by atoms with van der Waals surface area (Å²) in [6, 6.07) is 0. The molecule has 0 saturated carbocycles. The van der Waals surface area contributed by atoms with Crippen molar-refractivity contribution in [3.8, 4) is 0 Å². The molecule has 0 spiro atoms. The number of carbonyl (C=O) groups is 1. The molecule has 1 aliphatic rings. The zero-order valence-electron chi connectivity index (χ0n) is 8.16. The summed E-state index contributed by atoms with van der Waals surface area (Å²) < 4.78 is 5.41. The van der Waals surface area contributed by atoms with Crippen LogP contribution in [-0.2, 0) is 0 Å². The number of rotatable bonds is 2. The molecule has 0 N–H and O–H groups in total. The van der Waals surface area contributed by atoms with Crippen LogP contribution < -0.4 is 0 Å². The smallest absolute Gasteiger partial charge is 0.199 e. The lowest BCUT2D eigenvalue weighted by Gasteiger charge is -2.17. The second kappa shape index (κ2) is 4.17. The van der Waals surface area contributed by atoms with Crippen LogP contribution in [0.4, 0.5) is 0 Å². The molecule has 2 rings (SSSR count). The van der Waals surface area contributed by atoms with E-state index < -0.39 is 0 Å². The largest absolute Gasteiger partial charge is 0.437 e. The van der Waals surface area contributed by atoms with Gasteiger partial charge in [-0.05, 0) is 18.6 Å². The van der Waals surface area contributed by atoms with Crippen LogP contribution in [0.2, 0.25) is 0 Å². The zero-order chi connectivity index (χ0) is 9.97. The summed E-state index contributed by atoms with van der Waals surface area (Å²) in [6.07, 6.45) is 3.88. The highest BCUT2D eigenvalue weighted by molar-refractivity contribution is 7.99. The zero-order valence-corrected chi connectivity index (χ0v) is 8.97. The van der Waals surface area contributed by atoms with E-state index in [2.05, 4.69) is 4.98 Å². The summed E-state index contributed by atoms with van der Waals surface area (Å²) >= 11 is 1.93. The molecular weight excluding hydrogens is 198 g/mol. The molecule has 0 aromatic carbocycles. The molecule has 0 bridgehead atoms. The molecule has 1 fully saturated rings. The first-order valence-corrected chi connectivity index (χ1v) is 5.97. The number of oxazole rings is 1. The maximum absolute atomic E-state index is 11.0. The van der Waals surface area contributed by atoms with E-state index >= 15 is 0 Å². The van der Waals surface area contributed by atoms with Gasteiger partial charge in [-0.25, -0.2) is 4.98 Å². The molecule has 2 heterocycles. The lowest BCUT2D eigenvalue weighted by molar-refractivity contribution is 0.0985. The Morgan fingerprint density at radius 1 is 1.71 bits per heavy atom. The summed E-state index contributed by atoms with van der Waals surface area (Å²) in [6.45, 7) is 1.50. The van der Waals surface area contributed by atoms with E-state index in [1.807, 2.05) is 11.8 Å². The van der Waals surface area contributed by atoms with Crippen LogP contribution in [0.15, 0.2) is 10.6 Å². The fourth-order valence-electron chi connectivity index (χ4n) is 1.57. The van der Waals surface area contributed by atoms with E-state index in [-0.39, 0.29) is 5.78 Å². The highest BCUT2D eigenvalue weighted by Gasteiger charge is 2.21. The second-order valence-electron chi connectivity index (χ2n) is 3.53. The highest BCUT2D eigenvalue weighted by Crippen LogP contribution is 2.30. The third-order valence-electron chi connectivity index (χ3n) is 2.38. The summed E-state index contributed by atoms with van der Waals surface area (Å²) in [5.74, 6) is 3.78. The van der Waals surface area contributed by atoms with Gasteiger partial charge in [-0.1, -0.05) is 0 Å². The lowest BCUT2D eigenvalue weighted by Crippen LogP contribution is -2.08. The van der Waals surface area contributed by atoms with Crippen molar-refractivity contribution < 1.29 is 9.21 Å². The molecule has 1 aromatic rings. The van der Waals surface area contributed by atoms with Crippen molar-refractivity contribution in [2.45, 2.75) is 25.7 Å². The van der Waals surface area contributed by atoms with Crippen molar-refractivity contribution >= 4 is 17.5 Å². The van der Waals surface area contributed by atoms with Gasteiger partial charge < -0.3 is 4.42 Å². The Morgan fingerprint density at radius 2 is 2.57 bits per heavy atom. The predicted octanol–water partition coefficient (Wildman–Crippen LogP) is 2.49. The van der Waals surface area contributed by atoms with Gasteiger partial charge in [0.1, 0.15) is 0 Å². The first-order chi connectivity index (χ1) is 6.77. The normalized spacial score (nSPS) is 22.2. The molecule has 0 radical (unpaired) electrons. The fourth-order valence-corrected chi connectivity index (χ4v) is 2.71. The van der Waals surface area contributed by atoms with E-state index in [1.54, 1.807) is 0 Å². The Kier molecular flexibility index (Phi) is 2.91. The van der Waals surface area contributed by atoms with Gasteiger partial charge >= 0.3 is 0 Å². The third kappa shape index (κ3) is 2.00. The molecule has 1 atom stereocenters. The van der Waals surface area contributed by atoms with Crippen LogP contribution in [-0.4, -0.2) is 22.3 Å². The Hall–Kier alpha value is -0.770. The van der Waals surface area contributed by atoms with Crippen molar-refractivity contribution in [2.24, 2.45) is 0 Å². The van der Waals surface area contributed by atoms with Crippen molar-refractivity contribution in [2.75, 3.05) is 11.5 Å². The lowest BCUT2D eigenvalue weighted by atomic mass is 10.1. The van der Waals surface area contributed by atoms with Crippen molar-refractivity contribution in [3.05, 3.63) is 17.8 Å². The Bertz CT molecular complexity index is 329. The molecule has 14 heavy (non-hydrogen) atoms. The number of ketones is 1. The number of carbonyl (C=O) groups excluding carboxylic acids is 1. The van der Waals surface area contributed by atoms with Gasteiger partial charge in [-0.3, -0.25) is 4.79 Å². The molecule has 1 aliphatic heterocycles. The van der Waals surface area contributed by atoms with Gasteiger partial charge in [-0.15, -0.1) is 0 Å². The summed E-state index contributed by atoms with van der Waals surface area (Å²) in [7, 11) is 0. The third-order valence-corrected chi connectivity index (χ3v) is 3.60. The summed E-state index contributed by atoms with van der Waals surface area (Å²) in [5.41, 5.74) is 0. The Balaban J connectivity index is 2.11. The van der Waals surface area contributed by atoms with Crippen LogP contribution in [0.1, 0.15) is 42.1 Å². The highest BCUT2D eigenvalue weighted by atomic mass is 32.2. The predicted molar refractivity (Wildman–Crippen MR) is 55.8 cm³/mol. The average molecular weight is 211 g/mol. The van der Waals surface area contributed by atoms with E-state index in [1.165, 1.54) is 25.3 Å². The van der Waals surface area contributed by atoms with E-state index in [0.29, 0.717) is 11.7 Å². The molecule has 4 heteroatoms. The molecule has 1 unspecified atom stereocenters. The van der Waals surface area contributed by atoms with E-state index in [0.717, 1.165) is 18.1 Å². The van der Waals surface area contributed by atoms with Crippen molar-refractivity contribution in [1.29, 1.82) is 0 Å². The van der Waals surface area contributed by atoms with Gasteiger partial charge in [0.25, 0.3) is 0 Å². The van der Waals surface area contributed by atoms with Crippen LogP contribution in [0.5, 0.6) is 0 Å². The number of thioether (sulfide) groups is 1. The first-order valence-electron chi connectivity index (χ1n) is 4.82.